The number of benzene rings is 2. The van der Waals surface area contributed by atoms with Gasteiger partial charge in [0.2, 0.25) is 0 Å². The summed E-state index contributed by atoms with van der Waals surface area (Å²) in [5.41, 5.74) is 0.0636. The van der Waals surface area contributed by atoms with Crippen LogP contribution < -0.4 is 9.62 Å². The molecule has 12 heteroatoms. The van der Waals surface area contributed by atoms with E-state index in [1.165, 1.54) is 37.4 Å². The topological polar surface area (TPSA) is 65.5 Å². The molecule has 3 rings (SSSR count). The van der Waals surface area contributed by atoms with Crippen molar-refractivity contribution in [3.05, 3.63) is 83.1 Å². The van der Waals surface area contributed by atoms with Crippen molar-refractivity contribution in [1.82, 2.24) is 10.3 Å². The van der Waals surface area contributed by atoms with E-state index in [2.05, 4.69) is 10.3 Å². The summed E-state index contributed by atoms with van der Waals surface area (Å²) in [5, 5.41) is 2.97. The Bertz CT molecular complexity index is 1250. The molecule has 0 saturated carbocycles. The molecular formula is C23H20F5N3O2S2. The summed E-state index contributed by atoms with van der Waals surface area (Å²) < 4.78 is 88.6. The maximum atomic E-state index is 14.5. The van der Waals surface area contributed by atoms with Gasteiger partial charge in [-0.15, -0.1) is 0 Å². The molecule has 0 saturated heterocycles. The first-order valence-electron chi connectivity index (χ1n) is 10.1. The first kappa shape index (κ1) is 26.6. The van der Waals surface area contributed by atoms with Crippen LogP contribution in [0.3, 0.4) is 0 Å². The van der Waals surface area contributed by atoms with Gasteiger partial charge in [-0.3, -0.25) is 8.86 Å². The molecule has 2 atom stereocenters. The van der Waals surface area contributed by atoms with Gasteiger partial charge in [0.1, 0.15) is 17.3 Å². The van der Waals surface area contributed by atoms with E-state index in [0.29, 0.717) is 21.7 Å². The number of hydrogen-bond donors (Lipinski definition) is 2. The summed E-state index contributed by atoms with van der Waals surface area (Å²) in [5.74, 6) is -1.73. The highest BCUT2D eigenvalue weighted by Gasteiger charge is 2.33. The van der Waals surface area contributed by atoms with Gasteiger partial charge in [0.15, 0.2) is 0 Å². The largest absolute Gasteiger partial charge is 0.433 e. The second kappa shape index (κ2) is 10.8. The lowest BCUT2D eigenvalue weighted by Gasteiger charge is -2.19. The Morgan fingerprint density at radius 1 is 1.14 bits per heavy atom. The van der Waals surface area contributed by atoms with Gasteiger partial charge in [0.05, 0.1) is 16.4 Å². The van der Waals surface area contributed by atoms with Crippen LogP contribution >= 0.6 is 12.2 Å². The number of aromatic nitrogens is 1. The summed E-state index contributed by atoms with van der Waals surface area (Å²) in [4.78, 5) is 4.04. The van der Waals surface area contributed by atoms with Gasteiger partial charge in [-0.05, 0) is 53.6 Å². The summed E-state index contributed by atoms with van der Waals surface area (Å²) in [6.07, 6.45) is -4.66. The Balaban J connectivity index is 1.82. The number of hydrogen-bond acceptors (Lipinski definition) is 3. The van der Waals surface area contributed by atoms with Crippen LogP contribution in [0.25, 0.3) is 11.3 Å². The number of thiocarbonyl (C=S) groups is 1. The van der Waals surface area contributed by atoms with Gasteiger partial charge in [-0.1, -0.05) is 31.3 Å². The quantitative estimate of drug-likeness (QED) is 0.229. The van der Waals surface area contributed by atoms with Crippen LogP contribution in [0, 0.1) is 11.6 Å². The third-order valence-corrected chi connectivity index (χ3v) is 6.44. The van der Waals surface area contributed by atoms with Crippen LogP contribution in [0.2, 0.25) is 0 Å². The zero-order valence-corrected chi connectivity index (χ0v) is 20.1. The van der Waals surface area contributed by atoms with Crippen molar-refractivity contribution in [3.63, 3.8) is 0 Å². The molecule has 0 aliphatic heterocycles. The second-order valence-corrected chi connectivity index (χ2v) is 9.04. The van der Waals surface area contributed by atoms with Crippen LogP contribution in [-0.2, 0) is 24.0 Å². The van der Waals surface area contributed by atoms with Crippen molar-refractivity contribution in [3.8, 4) is 11.3 Å². The molecule has 0 radical (unpaired) electrons. The summed E-state index contributed by atoms with van der Waals surface area (Å²) in [6, 6.07) is 11.2. The molecule has 0 amide bonds. The van der Waals surface area contributed by atoms with Gasteiger partial charge in [-0.2, -0.15) is 13.2 Å². The third-order valence-electron chi connectivity index (χ3n) is 5.28. The molecule has 0 fully saturated rings. The molecule has 2 N–H and O–H groups in total. The fourth-order valence-electron chi connectivity index (χ4n) is 3.27. The first-order chi connectivity index (χ1) is 16.4. The lowest BCUT2D eigenvalue weighted by atomic mass is 10.00. The predicted molar refractivity (Wildman–Crippen MR) is 128 cm³/mol. The van der Waals surface area contributed by atoms with Crippen molar-refractivity contribution in [2.24, 2.45) is 0 Å². The average molecular weight is 530 g/mol. The Labute approximate surface area is 206 Å². The number of nitrogens with zero attached hydrogens (tertiary/aromatic N) is 2. The Kier molecular flexibility index (Phi) is 8.18. The fraction of sp³-hybridized carbons (Fsp3) is 0.217. The number of halogens is 5. The third kappa shape index (κ3) is 6.38. The molecule has 35 heavy (non-hydrogen) atoms. The standard InChI is InChI=1S/C23H20F5N3O2S2/c1-13(15-5-9-19(18(25)11-15)31(2)35(32)33)22(34)29-12-16-6-10-20(23(26,27)28)30-21(16)14-3-7-17(24)8-4-14/h3-11,13H,12H2,1-2H3,(H,29,34)(H,32,33). The van der Waals surface area contributed by atoms with Crippen LogP contribution in [0.15, 0.2) is 54.6 Å². The molecule has 186 valence electrons. The Morgan fingerprint density at radius 2 is 1.80 bits per heavy atom. The van der Waals surface area contributed by atoms with Gasteiger partial charge in [0.25, 0.3) is 11.3 Å². The van der Waals surface area contributed by atoms with Crippen LogP contribution in [0.4, 0.5) is 27.6 Å². The van der Waals surface area contributed by atoms with Gasteiger partial charge in [-0.25, -0.2) is 18.0 Å². The lowest BCUT2D eigenvalue weighted by Crippen LogP contribution is -2.26. The van der Waals surface area contributed by atoms with E-state index in [-0.39, 0.29) is 17.9 Å². The van der Waals surface area contributed by atoms with Crippen LogP contribution in [0.1, 0.15) is 29.7 Å². The fourth-order valence-corrected chi connectivity index (χ4v) is 3.79. The highest BCUT2D eigenvalue weighted by Crippen LogP contribution is 2.32. The highest BCUT2D eigenvalue weighted by molar-refractivity contribution is 7.80. The van der Waals surface area contributed by atoms with Crippen molar-refractivity contribution in [1.29, 1.82) is 0 Å². The zero-order valence-electron chi connectivity index (χ0n) is 18.4. The van der Waals surface area contributed by atoms with E-state index in [9.17, 15) is 26.2 Å². The van der Waals surface area contributed by atoms with Crippen LogP contribution in [-0.4, -0.2) is 25.8 Å². The number of rotatable bonds is 7. The van der Waals surface area contributed by atoms with Gasteiger partial charge < -0.3 is 5.32 Å². The smallest absolute Gasteiger partial charge is 0.375 e. The second-order valence-electron chi connectivity index (χ2n) is 7.59. The van der Waals surface area contributed by atoms with E-state index < -0.39 is 40.7 Å². The predicted octanol–water partition coefficient (Wildman–Crippen LogP) is 5.84. The summed E-state index contributed by atoms with van der Waals surface area (Å²) >= 11 is 3.02. The molecular weight excluding hydrogens is 509 g/mol. The molecule has 1 heterocycles. The number of pyridine rings is 1. The maximum absolute atomic E-state index is 14.5. The molecule has 3 aromatic rings. The zero-order chi connectivity index (χ0) is 25.9. The maximum Gasteiger partial charge on any atom is 0.433 e. The first-order valence-corrected chi connectivity index (χ1v) is 11.6. The Morgan fingerprint density at radius 3 is 2.37 bits per heavy atom. The van der Waals surface area contributed by atoms with Crippen molar-refractivity contribution < 1.29 is 30.7 Å². The minimum atomic E-state index is -4.66. The minimum Gasteiger partial charge on any atom is -0.375 e. The van der Waals surface area contributed by atoms with Gasteiger partial charge >= 0.3 is 6.18 Å². The Hall–Kier alpha value is -2.96. The molecule has 0 bridgehead atoms. The molecule has 0 aliphatic carbocycles. The van der Waals surface area contributed by atoms with Gasteiger partial charge in [0, 0.05) is 25.1 Å². The van der Waals surface area contributed by atoms with Crippen molar-refractivity contribution >= 4 is 34.2 Å². The monoisotopic (exact) mass is 529 g/mol. The normalized spacial score (nSPS) is 13.3. The van der Waals surface area contributed by atoms with E-state index in [4.69, 9.17) is 16.8 Å². The van der Waals surface area contributed by atoms with E-state index >= 15 is 0 Å². The molecule has 5 nitrogen and oxygen atoms in total. The molecule has 0 aliphatic rings. The summed E-state index contributed by atoms with van der Waals surface area (Å²) in [7, 11) is 1.26. The molecule has 2 aromatic carbocycles. The van der Waals surface area contributed by atoms with E-state index in [0.717, 1.165) is 22.5 Å². The number of anilines is 1. The van der Waals surface area contributed by atoms with E-state index in [1.54, 1.807) is 13.0 Å². The molecule has 2 unspecified atom stereocenters. The average Bonchev–Trinajstić information content (AvgIpc) is 2.81. The molecule has 0 spiro atoms. The minimum absolute atomic E-state index is 0.0216. The highest BCUT2D eigenvalue weighted by atomic mass is 32.2. The van der Waals surface area contributed by atoms with Crippen LogP contribution in [0.5, 0.6) is 0 Å². The molecule has 1 aromatic heterocycles. The van der Waals surface area contributed by atoms with E-state index in [1.807, 2.05) is 0 Å². The number of nitrogens with one attached hydrogen (secondary N) is 1. The lowest BCUT2D eigenvalue weighted by molar-refractivity contribution is -0.141. The number of alkyl halides is 3. The SMILES string of the molecule is CC(C(=S)NCc1ccc(C(F)(F)F)nc1-c1ccc(F)cc1)c1ccc(N(C)S(=O)O)c(F)c1. The summed E-state index contributed by atoms with van der Waals surface area (Å²) in [6.45, 7) is 1.73. The van der Waals surface area contributed by atoms with Crippen molar-refractivity contribution in [2.45, 2.75) is 25.6 Å². The van der Waals surface area contributed by atoms with Crippen molar-refractivity contribution in [2.75, 3.05) is 11.4 Å².